The zero-order valence-corrected chi connectivity index (χ0v) is 27.7. The lowest BCUT2D eigenvalue weighted by molar-refractivity contribution is -0.384. The second-order valence-electron chi connectivity index (χ2n) is 11.3. The highest BCUT2D eigenvalue weighted by Gasteiger charge is 2.52. The Morgan fingerprint density at radius 1 is 1.13 bits per heavy atom. The van der Waals surface area contributed by atoms with Gasteiger partial charge < -0.3 is 25.1 Å². The van der Waals surface area contributed by atoms with Crippen molar-refractivity contribution in [3.63, 3.8) is 0 Å². The van der Waals surface area contributed by atoms with Gasteiger partial charge in [-0.1, -0.05) is 52.0 Å². The molecule has 4 atom stereocenters. The summed E-state index contributed by atoms with van der Waals surface area (Å²) >= 11 is 1.27. The zero-order chi connectivity index (χ0) is 33.2. The fourth-order valence-electron chi connectivity index (χ4n) is 5.14. The van der Waals surface area contributed by atoms with Crippen molar-refractivity contribution in [3.05, 3.63) is 75.2 Å². The molecule has 2 aromatic rings. The molecule has 0 bridgehead atoms. The number of aliphatic hydroxyl groups excluding tert-OH is 1. The average molecular weight is 676 g/mol. The van der Waals surface area contributed by atoms with Crippen LogP contribution in [0.2, 0.25) is 0 Å². The Kier molecular flexibility index (Phi) is 12.9. The van der Waals surface area contributed by atoms with E-state index in [1.54, 1.807) is 0 Å². The highest BCUT2D eigenvalue weighted by atomic mass is 32.2. The summed E-state index contributed by atoms with van der Waals surface area (Å²) in [5, 5.41) is 20.3. The Morgan fingerprint density at radius 3 is 2.52 bits per heavy atom. The monoisotopic (exact) mass is 675 g/mol. The van der Waals surface area contributed by atoms with Crippen LogP contribution in [-0.4, -0.2) is 66.0 Å². The van der Waals surface area contributed by atoms with Crippen LogP contribution in [0, 0.1) is 10.1 Å². The molecular formula is C32H41N3O9S2. The summed E-state index contributed by atoms with van der Waals surface area (Å²) in [5.74, 6) is 1.11. The Balaban J connectivity index is 0.000000210. The minimum atomic E-state index is -0.837. The molecule has 3 aliphatic heterocycles. The number of nitro benzene ring substituents is 1. The molecule has 0 saturated carbocycles. The molecular weight excluding hydrogens is 634 g/mol. The molecule has 3 N–H and O–H groups in total. The van der Waals surface area contributed by atoms with Gasteiger partial charge in [0.25, 0.3) is 5.69 Å². The summed E-state index contributed by atoms with van der Waals surface area (Å²) in [5.41, 5.74) is 7.12. The molecule has 0 aliphatic carbocycles. The third-order valence-electron chi connectivity index (χ3n) is 7.81. The number of ether oxygens (including phenoxy) is 3. The minimum Gasteiger partial charge on any atom is -0.509 e. The standard InChI is InChI=1S/C18H28O3S.C14H13N3O6S/c1-3-4-5-6-7-8-11-22(19)15(2)12-16-9-10-17-18(13-16)21-14-20-17;15-10-12(19)16-11(9(18)6-24-13(10)16)14(20)23-5-7-1-3-8(4-2-7)17(21)22/h9-10,13,15H,3-8,11-12,14H2,1-2H3;1-4,10,13,18H,5-6,15H2/t;10?,13-/m.1/s1. The molecule has 46 heavy (non-hydrogen) atoms. The van der Waals surface area contributed by atoms with Gasteiger partial charge in [-0.3, -0.25) is 24.0 Å². The van der Waals surface area contributed by atoms with Crippen LogP contribution in [0.3, 0.4) is 0 Å². The second kappa shape index (κ2) is 16.8. The van der Waals surface area contributed by atoms with E-state index in [1.165, 1.54) is 73.7 Å². The number of carbonyl (C=O) groups is 2. The lowest BCUT2D eigenvalue weighted by atomic mass is 10.1. The first-order valence-corrected chi connectivity index (χ1v) is 17.8. The molecule has 250 valence electrons. The van der Waals surface area contributed by atoms with Crippen molar-refractivity contribution in [2.24, 2.45) is 5.73 Å². The number of thioether (sulfide) groups is 1. The fraction of sp³-hybridized carbons (Fsp3) is 0.500. The van der Waals surface area contributed by atoms with Crippen molar-refractivity contribution in [1.29, 1.82) is 0 Å². The summed E-state index contributed by atoms with van der Waals surface area (Å²) in [6.45, 7) is 4.47. The molecule has 3 aliphatic rings. The number of rotatable bonds is 14. The van der Waals surface area contributed by atoms with Crippen LogP contribution < -0.4 is 15.2 Å². The van der Waals surface area contributed by atoms with Crippen molar-refractivity contribution in [3.8, 4) is 11.5 Å². The molecule has 3 heterocycles. The maximum Gasteiger partial charge on any atom is 0.358 e. The van der Waals surface area contributed by atoms with Gasteiger partial charge in [0.1, 0.15) is 23.8 Å². The molecule has 1 amide bonds. The number of benzene rings is 2. The molecule has 2 aromatic carbocycles. The number of esters is 1. The topological polar surface area (TPSA) is 172 Å². The van der Waals surface area contributed by atoms with E-state index in [4.69, 9.17) is 19.9 Å². The average Bonchev–Trinajstić information content (AvgIpc) is 3.53. The second-order valence-corrected chi connectivity index (χ2v) is 14.4. The van der Waals surface area contributed by atoms with E-state index >= 15 is 0 Å². The van der Waals surface area contributed by atoms with Crippen molar-refractivity contribution in [2.75, 3.05) is 18.3 Å². The van der Waals surface area contributed by atoms with Crippen molar-refractivity contribution in [1.82, 2.24) is 4.90 Å². The number of aliphatic hydroxyl groups is 1. The molecule has 5 rings (SSSR count). The molecule has 14 heteroatoms. The lowest BCUT2D eigenvalue weighted by Gasteiger charge is -2.47. The molecule has 3 unspecified atom stereocenters. The van der Waals surface area contributed by atoms with E-state index in [0.29, 0.717) is 12.4 Å². The molecule has 0 radical (unpaired) electrons. The normalized spacial score (nSPS) is 19.4. The maximum atomic E-state index is 12.3. The first-order valence-electron chi connectivity index (χ1n) is 15.4. The van der Waals surface area contributed by atoms with Crippen LogP contribution in [0.25, 0.3) is 0 Å². The van der Waals surface area contributed by atoms with Crippen LogP contribution in [0.15, 0.2) is 53.9 Å². The fourth-order valence-corrected chi connectivity index (χ4v) is 7.56. The van der Waals surface area contributed by atoms with E-state index < -0.39 is 33.6 Å². The predicted octanol–water partition coefficient (Wildman–Crippen LogP) is 5.11. The van der Waals surface area contributed by atoms with E-state index in [9.17, 15) is 29.0 Å². The Morgan fingerprint density at radius 2 is 1.80 bits per heavy atom. The quantitative estimate of drug-likeness (QED) is 0.0897. The predicted molar refractivity (Wildman–Crippen MR) is 176 cm³/mol. The van der Waals surface area contributed by atoms with Crippen LogP contribution in [-0.2, 0) is 38.2 Å². The summed E-state index contributed by atoms with van der Waals surface area (Å²) < 4.78 is 28.1. The number of nitrogens with two attached hydrogens (primary N) is 1. The third kappa shape index (κ3) is 9.01. The van der Waals surface area contributed by atoms with Gasteiger partial charge in [0.05, 0.1) is 10.7 Å². The number of hydrogen-bond donors (Lipinski definition) is 2. The highest BCUT2D eigenvalue weighted by Crippen LogP contribution is 2.39. The number of unbranched alkanes of at least 4 members (excludes halogenated alkanes) is 5. The van der Waals surface area contributed by atoms with Crippen molar-refractivity contribution < 1.29 is 38.0 Å². The van der Waals surface area contributed by atoms with Crippen LogP contribution in [0.1, 0.15) is 63.5 Å². The van der Waals surface area contributed by atoms with Gasteiger partial charge in [0.2, 0.25) is 12.7 Å². The number of nitrogens with zero attached hydrogens (tertiary/aromatic N) is 2. The van der Waals surface area contributed by atoms with Gasteiger partial charge in [-0.2, -0.15) is 0 Å². The molecule has 0 spiro atoms. The summed E-state index contributed by atoms with van der Waals surface area (Å²) in [7, 11) is -0.743. The molecule has 12 nitrogen and oxygen atoms in total. The largest absolute Gasteiger partial charge is 0.509 e. The number of amides is 1. The Bertz CT molecular complexity index is 1450. The maximum absolute atomic E-state index is 12.3. The smallest absolute Gasteiger partial charge is 0.358 e. The van der Waals surface area contributed by atoms with Gasteiger partial charge in [0, 0.05) is 33.9 Å². The minimum absolute atomic E-state index is 0.0715. The van der Waals surface area contributed by atoms with Gasteiger partial charge >= 0.3 is 5.97 Å². The van der Waals surface area contributed by atoms with E-state index in [-0.39, 0.29) is 40.1 Å². The summed E-state index contributed by atoms with van der Waals surface area (Å²) in [4.78, 5) is 35.2. The number of nitro groups is 1. The van der Waals surface area contributed by atoms with E-state index in [0.717, 1.165) is 35.0 Å². The third-order valence-corrected chi connectivity index (χ3v) is 10.8. The number of β-lactam (4-membered cyclic amide) rings is 1. The summed E-state index contributed by atoms with van der Waals surface area (Å²) in [6, 6.07) is 10.8. The first-order chi connectivity index (χ1) is 22.1. The highest BCUT2D eigenvalue weighted by molar-refractivity contribution is 8.00. The van der Waals surface area contributed by atoms with Gasteiger partial charge in [-0.25, -0.2) is 4.79 Å². The van der Waals surface area contributed by atoms with Gasteiger partial charge in [-0.05, 0) is 48.2 Å². The van der Waals surface area contributed by atoms with Gasteiger partial charge in [0.15, 0.2) is 17.2 Å². The molecule has 0 aromatic heterocycles. The first kappa shape index (κ1) is 35.2. The Labute approximate surface area is 275 Å². The van der Waals surface area contributed by atoms with Crippen molar-refractivity contribution >= 4 is 40.1 Å². The van der Waals surface area contributed by atoms with Crippen molar-refractivity contribution in [2.45, 2.75) is 82.1 Å². The number of hydrogen-bond acceptors (Lipinski definition) is 11. The van der Waals surface area contributed by atoms with Crippen LogP contribution in [0.5, 0.6) is 11.5 Å². The van der Waals surface area contributed by atoms with Crippen LogP contribution >= 0.6 is 11.8 Å². The summed E-state index contributed by atoms with van der Waals surface area (Å²) in [6.07, 6.45) is 8.32. The molecule has 1 saturated heterocycles. The van der Waals surface area contributed by atoms with E-state index in [1.807, 2.05) is 18.2 Å². The number of carbonyl (C=O) groups excluding carboxylic acids is 2. The SMILES string of the molecule is CCCCCCCCS(=O)C(C)Cc1ccc2c(c1)OCO2.NC1C(=O)N2C(C(=O)OCc3ccc([N+](=O)[O-])cc3)=C(O)CS[C@H]12. The zero-order valence-electron chi connectivity index (χ0n) is 26.1. The van der Waals surface area contributed by atoms with Gasteiger partial charge in [-0.15, -0.1) is 11.8 Å². The van der Waals surface area contributed by atoms with Crippen LogP contribution in [0.4, 0.5) is 5.69 Å². The lowest BCUT2D eigenvalue weighted by Crippen LogP contribution is -2.68. The number of fused-ring (bicyclic) bond motifs is 2. The van der Waals surface area contributed by atoms with E-state index in [2.05, 4.69) is 13.8 Å². The molecule has 1 fully saturated rings. The number of non-ortho nitro benzene ring substituents is 1. The Hall–Kier alpha value is -3.62.